The molecular weight excluding hydrogens is 248 g/mol. The average Bonchev–Trinajstić information content (AvgIpc) is 2.33. The highest BCUT2D eigenvalue weighted by atomic mass is 35.5. The molecule has 1 aromatic heterocycles. The second kappa shape index (κ2) is 7.54. The summed E-state index contributed by atoms with van der Waals surface area (Å²) in [6.45, 7) is 8.40. The van der Waals surface area contributed by atoms with E-state index in [4.69, 9.17) is 11.6 Å². The minimum atomic E-state index is 0.520. The molecule has 0 saturated heterocycles. The molecular formula is C13H23ClN4. The smallest absolute Gasteiger partial charge is 0.137 e. The zero-order valence-electron chi connectivity index (χ0n) is 11.7. The lowest BCUT2D eigenvalue weighted by atomic mass is 10.2. The van der Waals surface area contributed by atoms with E-state index >= 15 is 0 Å². The Bertz CT molecular complexity index is 368. The van der Waals surface area contributed by atoms with Crippen molar-refractivity contribution in [1.29, 1.82) is 0 Å². The van der Waals surface area contributed by atoms with E-state index in [0.29, 0.717) is 11.2 Å². The van der Waals surface area contributed by atoms with Crippen LogP contribution >= 0.6 is 11.6 Å². The Balaban J connectivity index is 2.24. The molecule has 0 aliphatic rings. The molecule has 0 aromatic carbocycles. The van der Waals surface area contributed by atoms with Crippen LogP contribution in [0, 0.1) is 6.92 Å². The second-order valence-corrected chi connectivity index (χ2v) is 5.20. The topological polar surface area (TPSA) is 41.1 Å². The number of anilines is 1. The largest absolute Gasteiger partial charge is 0.370 e. The third-order valence-electron chi connectivity index (χ3n) is 3.13. The van der Waals surface area contributed by atoms with Gasteiger partial charge in [-0.25, -0.2) is 9.97 Å². The molecule has 0 amide bonds. The van der Waals surface area contributed by atoms with Crippen LogP contribution in [0.2, 0.25) is 5.15 Å². The average molecular weight is 271 g/mol. The second-order valence-electron chi connectivity index (χ2n) is 4.85. The lowest BCUT2D eigenvalue weighted by Crippen LogP contribution is -2.27. The van der Waals surface area contributed by atoms with Gasteiger partial charge >= 0.3 is 0 Å². The Labute approximate surface area is 115 Å². The lowest BCUT2D eigenvalue weighted by molar-refractivity contribution is 0.269. The van der Waals surface area contributed by atoms with Crippen LogP contribution in [0.5, 0.6) is 0 Å². The van der Waals surface area contributed by atoms with Crippen molar-refractivity contribution in [3.05, 3.63) is 17.0 Å². The van der Waals surface area contributed by atoms with Crippen LogP contribution in [0.1, 0.15) is 32.3 Å². The summed E-state index contributed by atoms with van der Waals surface area (Å²) in [5.41, 5.74) is 0.915. The molecule has 0 fully saturated rings. The molecule has 0 aliphatic carbocycles. The normalized spacial score (nSPS) is 11.3. The number of unbranched alkanes of at least 4 members (excludes halogenated alkanes) is 1. The fourth-order valence-electron chi connectivity index (χ4n) is 1.56. The monoisotopic (exact) mass is 270 g/mol. The fourth-order valence-corrected chi connectivity index (χ4v) is 1.69. The SMILES string of the molecule is Cc1c(Cl)ncnc1NCCCCN(C)C(C)C. The van der Waals surface area contributed by atoms with Crippen molar-refractivity contribution in [3.63, 3.8) is 0 Å². The van der Waals surface area contributed by atoms with Gasteiger partial charge in [0.1, 0.15) is 17.3 Å². The van der Waals surface area contributed by atoms with Gasteiger partial charge in [-0.15, -0.1) is 0 Å². The van der Waals surface area contributed by atoms with Gasteiger partial charge in [0.2, 0.25) is 0 Å². The summed E-state index contributed by atoms with van der Waals surface area (Å²) < 4.78 is 0. The van der Waals surface area contributed by atoms with Crippen molar-refractivity contribution in [2.24, 2.45) is 0 Å². The number of nitrogens with zero attached hydrogens (tertiary/aromatic N) is 3. The third kappa shape index (κ3) is 4.78. The molecule has 0 aliphatic heterocycles. The van der Waals surface area contributed by atoms with Crippen molar-refractivity contribution in [2.75, 3.05) is 25.5 Å². The quantitative estimate of drug-likeness (QED) is 0.611. The zero-order valence-corrected chi connectivity index (χ0v) is 12.5. The Morgan fingerprint density at radius 1 is 1.33 bits per heavy atom. The molecule has 1 rings (SSSR count). The number of nitrogens with one attached hydrogen (secondary N) is 1. The fraction of sp³-hybridized carbons (Fsp3) is 0.692. The van der Waals surface area contributed by atoms with E-state index in [1.54, 1.807) is 0 Å². The molecule has 1 aromatic rings. The molecule has 0 unspecified atom stereocenters. The highest BCUT2D eigenvalue weighted by Gasteiger charge is 2.04. The summed E-state index contributed by atoms with van der Waals surface area (Å²) in [6.07, 6.45) is 3.79. The van der Waals surface area contributed by atoms with E-state index in [0.717, 1.165) is 30.9 Å². The molecule has 1 heterocycles. The van der Waals surface area contributed by atoms with Crippen LogP contribution in [0.3, 0.4) is 0 Å². The molecule has 0 saturated carbocycles. The first kappa shape index (κ1) is 15.2. The Kier molecular flexibility index (Phi) is 6.36. The summed E-state index contributed by atoms with van der Waals surface area (Å²) in [7, 11) is 2.16. The zero-order chi connectivity index (χ0) is 13.5. The summed E-state index contributed by atoms with van der Waals surface area (Å²) in [6, 6.07) is 0.612. The number of rotatable bonds is 7. The van der Waals surface area contributed by atoms with Gasteiger partial charge in [-0.1, -0.05) is 11.6 Å². The molecule has 1 N–H and O–H groups in total. The van der Waals surface area contributed by atoms with Crippen LogP contribution in [-0.2, 0) is 0 Å². The highest BCUT2D eigenvalue weighted by Crippen LogP contribution is 2.17. The van der Waals surface area contributed by atoms with Gasteiger partial charge in [0, 0.05) is 18.2 Å². The summed E-state index contributed by atoms with van der Waals surface area (Å²) in [5, 5.41) is 3.82. The van der Waals surface area contributed by atoms with Crippen molar-refractivity contribution < 1.29 is 0 Å². The van der Waals surface area contributed by atoms with E-state index in [1.807, 2.05) is 6.92 Å². The number of aromatic nitrogens is 2. The summed E-state index contributed by atoms with van der Waals surface area (Å²) >= 11 is 5.93. The van der Waals surface area contributed by atoms with E-state index in [2.05, 4.69) is 41.1 Å². The Morgan fingerprint density at radius 3 is 2.72 bits per heavy atom. The first-order chi connectivity index (χ1) is 8.52. The molecule has 18 heavy (non-hydrogen) atoms. The van der Waals surface area contributed by atoms with Crippen LogP contribution in [-0.4, -0.2) is 41.0 Å². The number of hydrogen-bond acceptors (Lipinski definition) is 4. The van der Waals surface area contributed by atoms with Crippen LogP contribution in [0.15, 0.2) is 6.33 Å². The Morgan fingerprint density at radius 2 is 2.06 bits per heavy atom. The van der Waals surface area contributed by atoms with Gasteiger partial charge in [0.25, 0.3) is 0 Å². The van der Waals surface area contributed by atoms with Crippen molar-refractivity contribution in [3.8, 4) is 0 Å². The molecule has 5 heteroatoms. The Hall–Kier alpha value is -0.870. The molecule has 0 radical (unpaired) electrons. The van der Waals surface area contributed by atoms with Gasteiger partial charge in [-0.3, -0.25) is 0 Å². The maximum atomic E-state index is 5.93. The minimum absolute atomic E-state index is 0.520. The minimum Gasteiger partial charge on any atom is -0.370 e. The molecule has 4 nitrogen and oxygen atoms in total. The van der Waals surface area contributed by atoms with E-state index in [-0.39, 0.29) is 0 Å². The molecule has 0 atom stereocenters. The predicted molar refractivity (Wildman–Crippen MR) is 77.3 cm³/mol. The van der Waals surface area contributed by atoms with Gasteiger partial charge in [0.15, 0.2) is 0 Å². The maximum absolute atomic E-state index is 5.93. The van der Waals surface area contributed by atoms with Gasteiger partial charge in [0.05, 0.1) is 0 Å². The van der Waals surface area contributed by atoms with Gasteiger partial charge in [-0.2, -0.15) is 0 Å². The first-order valence-electron chi connectivity index (χ1n) is 6.43. The van der Waals surface area contributed by atoms with Crippen molar-refractivity contribution in [2.45, 2.75) is 39.7 Å². The molecule has 0 bridgehead atoms. The van der Waals surface area contributed by atoms with Crippen molar-refractivity contribution in [1.82, 2.24) is 14.9 Å². The van der Waals surface area contributed by atoms with Crippen LogP contribution < -0.4 is 5.32 Å². The van der Waals surface area contributed by atoms with E-state index in [1.165, 1.54) is 12.7 Å². The summed E-state index contributed by atoms with van der Waals surface area (Å²) in [4.78, 5) is 10.5. The molecule has 0 spiro atoms. The first-order valence-corrected chi connectivity index (χ1v) is 6.81. The highest BCUT2D eigenvalue weighted by molar-refractivity contribution is 6.30. The number of halogens is 1. The molecule has 102 valence electrons. The standard InChI is InChI=1S/C13H23ClN4/c1-10(2)18(4)8-6-5-7-15-13-11(3)12(14)16-9-17-13/h9-10H,5-8H2,1-4H3,(H,15,16,17). The summed E-state index contributed by atoms with van der Waals surface area (Å²) in [5.74, 6) is 0.840. The van der Waals surface area contributed by atoms with E-state index in [9.17, 15) is 0 Å². The maximum Gasteiger partial charge on any atom is 0.137 e. The number of hydrogen-bond donors (Lipinski definition) is 1. The van der Waals surface area contributed by atoms with Gasteiger partial charge in [-0.05, 0) is 47.2 Å². The van der Waals surface area contributed by atoms with Crippen molar-refractivity contribution >= 4 is 17.4 Å². The lowest BCUT2D eigenvalue weighted by Gasteiger charge is -2.20. The van der Waals surface area contributed by atoms with E-state index < -0.39 is 0 Å². The van der Waals surface area contributed by atoms with Gasteiger partial charge < -0.3 is 10.2 Å². The van der Waals surface area contributed by atoms with Crippen LogP contribution in [0.25, 0.3) is 0 Å². The third-order valence-corrected chi connectivity index (χ3v) is 3.52. The van der Waals surface area contributed by atoms with Crippen LogP contribution in [0.4, 0.5) is 5.82 Å². The predicted octanol–water partition coefficient (Wildman–Crippen LogP) is 2.97.